The molecule has 3 rings (SSSR count). The average Bonchev–Trinajstić information content (AvgIpc) is 2.52. The van der Waals surface area contributed by atoms with Gasteiger partial charge in [0.25, 0.3) is 5.91 Å². The van der Waals surface area contributed by atoms with Gasteiger partial charge in [-0.3, -0.25) is 4.79 Å². The number of benzene rings is 2. The van der Waals surface area contributed by atoms with Gasteiger partial charge in [0, 0.05) is 27.7 Å². The van der Waals surface area contributed by atoms with E-state index < -0.39 is 5.63 Å². The zero-order valence-electron chi connectivity index (χ0n) is 11.9. The largest absolute Gasteiger partial charge is 0.484 e. The van der Waals surface area contributed by atoms with Gasteiger partial charge in [-0.05, 0) is 36.4 Å². The van der Waals surface area contributed by atoms with Crippen LogP contribution in [0.1, 0.15) is 0 Å². The first-order chi connectivity index (χ1) is 11.1. The van der Waals surface area contributed by atoms with E-state index in [9.17, 15) is 9.59 Å². The lowest BCUT2D eigenvalue weighted by molar-refractivity contribution is -0.118. The predicted molar refractivity (Wildman–Crippen MR) is 90.8 cm³/mol. The Labute approximate surface area is 140 Å². The molecule has 0 saturated carbocycles. The fourth-order valence-electron chi connectivity index (χ4n) is 2.04. The molecule has 0 aliphatic rings. The van der Waals surface area contributed by atoms with E-state index in [1.54, 1.807) is 36.4 Å². The second kappa shape index (κ2) is 6.66. The van der Waals surface area contributed by atoms with Crippen molar-refractivity contribution in [2.45, 2.75) is 0 Å². The highest BCUT2D eigenvalue weighted by Gasteiger charge is 2.05. The monoisotopic (exact) mass is 373 g/mol. The van der Waals surface area contributed by atoms with Crippen LogP contribution >= 0.6 is 15.9 Å². The van der Waals surface area contributed by atoms with Crippen molar-refractivity contribution < 1.29 is 13.9 Å². The third-order valence-electron chi connectivity index (χ3n) is 3.07. The molecule has 5 nitrogen and oxygen atoms in total. The Kier molecular flexibility index (Phi) is 4.43. The third-order valence-corrected chi connectivity index (χ3v) is 3.57. The molecule has 3 aromatic rings. The number of amides is 1. The van der Waals surface area contributed by atoms with Crippen LogP contribution in [0, 0.1) is 0 Å². The summed E-state index contributed by atoms with van der Waals surface area (Å²) in [6, 6.07) is 15.4. The summed E-state index contributed by atoms with van der Waals surface area (Å²) in [5, 5.41) is 3.52. The summed E-state index contributed by atoms with van der Waals surface area (Å²) in [5.74, 6) is 0.175. The van der Waals surface area contributed by atoms with Crippen molar-refractivity contribution in [3.63, 3.8) is 0 Å². The van der Waals surface area contributed by atoms with Crippen LogP contribution in [0.15, 0.2) is 68.3 Å². The maximum absolute atomic E-state index is 11.9. The van der Waals surface area contributed by atoms with Gasteiger partial charge in [-0.25, -0.2) is 4.79 Å². The average molecular weight is 374 g/mol. The molecular formula is C17H12BrNO4. The number of ether oxygens (including phenoxy) is 1. The van der Waals surface area contributed by atoms with Gasteiger partial charge in [0.1, 0.15) is 11.3 Å². The van der Waals surface area contributed by atoms with E-state index in [4.69, 9.17) is 9.15 Å². The van der Waals surface area contributed by atoms with Crippen molar-refractivity contribution in [1.82, 2.24) is 0 Å². The Balaban J connectivity index is 1.65. The van der Waals surface area contributed by atoms with Crippen molar-refractivity contribution in [3.8, 4) is 5.75 Å². The Morgan fingerprint density at radius 1 is 1.13 bits per heavy atom. The standard InChI is InChI=1S/C17H12BrNO4/c18-12-2-1-3-13(8-12)19-16(20)10-22-14-6-4-11-5-7-17(21)23-15(11)9-14/h1-9H,10H2,(H,19,20). The molecule has 0 spiro atoms. The number of rotatable bonds is 4. The first-order valence-electron chi connectivity index (χ1n) is 6.82. The van der Waals surface area contributed by atoms with E-state index in [0.29, 0.717) is 17.0 Å². The van der Waals surface area contributed by atoms with Crippen LogP contribution in [0.5, 0.6) is 5.75 Å². The zero-order chi connectivity index (χ0) is 16.2. The maximum atomic E-state index is 11.9. The molecule has 0 aliphatic carbocycles. The molecule has 6 heteroatoms. The fourth-order valence-corrected chi connectivity index (χ4v) is 2.44. The van der Waals surface area contributed by atoms with E-state index in [1.165, 1.54) is 6.07 Å². The first-order valence-corrected chi connectivity index (χ1v) is 7.61. The highest BCUT2D eigenvalue weighted by atomic mass is 79.9. The molecule has 0 aliphatic heterocycles. The molecule has 1 aromatic heterocycles. The van der Waals surface area contributed by atoms with Crippen LogP contribution in [-0.2, 0) is 4.79 Å². The number of hydrogen-bond acceptors (Lipinski definition) is 4. The summed E-state index contributed by atoms with van der Waals surface area (Å²) >= 11 is 3.34. The number of carbonyl (C=O) groups is 1. The quantitative estimate of drug-likeness (QED) is 0.709. The number of hydrogen-bond donors (Lipinski definition) is 1. The predicted octanol–water partition coefficient (Wildman–Crippen LogP) is 3.57. The summed E-state index contributed by atoms with van der Waals surface area (Å²) in [7, 11) is 0. The minimum Gasteiger partial charge on any atom is -0.484 e. The molecule has 0 atom stereocenters. The smallest absolute Gasteiger partial charge is 0.336 e. The number of halogens is 1. The van der Waals surface area contributed by atoms with E-state index in [-0.39, 0.29) is 12.5 Å². The highest BCUT2D eigenvalue weighted by Crippen LogP contribution is 2.20. The number of fused-ring (bicyclic) bond motifs is 1. The van der Waals surface area contributed by atoms with Crippen molar-refractivity contribution in [2.24, 2.45) is 0 Å². The minimum absolute atomic E-state index is 0.144. The summed E-state index contributed by atoms with van der Waals surface area (Å²) in [6.07, 6.45) is 0. The molecule has 2 aromatic carbocycles. The Bertz CT molecular complexity index is 920. The summed E-state index contributed by atoms with van der Waals surface area (Å²) < 4.78 is 11.4. The van der Waals surface area contributed by atoms with Crippen molar-refractivity contribution in [3.05, 3.63) is 69.5 Å². The molecule has 1 amide bonds. The van der Waals surface area contributed by atoms with Crippen molar-refractivity contribution in [1.29, 1.82) is 0 Å². The third kappa shape index (κ3) is 3.98. The van der Waals surface area contributed by atoms with E-state index in [0.717, 1.165) is 9.86 Å². The number of nitrogens with one attached hydrogen (secondary N) is 1. The second-order valence-electron chi connectivity index (χ2n) is 4.80. The Hall–Kier alpha value is -2.60. The van der Waals surface area contributed by atoms with Crippen molar-refractivity contribution in [2.75, 3.05) is 11.9 Å². The van der Waals surface area contributed by atoms with Gasteiger partial charge in [-0.2, -0.15) is 0 Å². The van der Waals surface area contributed by atoms with Gasteiger partial charge in [0.15, 0.2) is 6.61 Å². The van der Waals surface area contributed by atoms with E-state index in [2.05, 4.69) is 21.2 Å². The zero-order valence-corrected chi connectivity index (χ0v) is 13.5. The molecule has 0 bridgehead atoms. The highest BCUT2D eigenvalue weighted by molar-refractivity contribution is 9.10. The van der Waals surface area contributed by atoms with Crippen LogP contribution in [0.3, 0.4) is 0 Å². The number of carbonyl (C=O) groups excluding carboxylic acids is 1. The molecule has 0 saturated heterocycles. The molecule has 1 heterocycles. The maximum Gasteiger partial charge on any atom is 0.336 e. The van der Waals surface area contributed by atoms with Gasteiger partial charge in [0.2, 0.25) is 0 Å². The Morgan fingerprint density at radius 2 is 1.96 bits per heavy atom. The lowest BCUT2D eigenvalue weighted by Crippen LogP contribution is -2.20. The first kappa shape index (κ1) is 15.3. The van der Waals surface area contributed by atoms with Crippen LogP contribution in [0.2, 0.25) is 0 Å². The van der Waals surface area contributed by atoms with E-state index in [1.807, 2.05) is 12.1 Å². The van der Waals surface area contributed by atoms with E-state index >= 15 is 0 Å². The van der Waals surface area contributed by atoms with Crippen LogP contribution in [0.25, 0.3) is 11.0 Å². The normalized spacial score (nSPS) is 10.5. The van der Waals surface area contributed by atoms with Crippen molar-refractivity contribution >= 4 is 38.5 Å². The SMILES string of the molecule is O=C(COc1ccc2ccc(=O)oc2c1)Nc1cccc(Br)c1. The van der Waals surface area contributed by atoms with Crippen LogP contribution in [-0.4, -0.2) is 12.5 Å². The fraction of sp³-hybridized carbons (Fsp3) is 0.0588. The molecule has 116 valence electrons. The van der Waals surface area contributed by atoms with Gasteiger partial charge in [-0.1, -0.05) is 22.0 Å². The second-order valence-corrected chi connectivity index (χ2v) is 5.72. The van der Waals surface area contributed by atoms with Crippen LogP contribution in [0.4, 0.5) is 5.69 Å². The molecular weight excluding hydrogens is 362 g/mol. The molecule has 0 radical (unpaired) electrons. The van der Waals surface area contributed by atoms with Gasteiger partial charge in [-0.15, -0.1) is 0 Å². The summed E-state index contributed by atoms with van der Waals surface area (Å²) in [4.78, 5) is 23.1. The van der Waals surface area contributed by atoms with Gasteiger partial charge >= 0.3 is 5.63 Å². The molecule has 0 unspecified atom stereocenters. The lowest BCUT2D eigenvalue weighted by Gasteiger charge is -2.08. The van der Waals surface area contributed by atoms with Crippen LogP contribution < -0.4 is 15.7 Å². The van der Waals surface area contributed by atoms with Gasteiger partial charge < -0.3 is 14.5 Å². The molecule has 23 heavy (non-hydrogen) atoms. The molecule has 1 N–H and O–H groups in total. The van der Waals surface area contributed by atoms with Gasteiger partial charge in [0.05, 0.1) is 0 Å². The summed E-state index contributed by atoms with van der Waals surface area (Å²) in [6.45, 7) is -0.144. The molecule has 0 fully saturated rings. The Morgan fingerprint density at radius 3 is 2.78 bits per heavy atom. The topological polar surface area (TPSA) is 68.5 Å². The summed E-state index contributed by atoms with van der Waals surface area (Å²) in [5.41, 5.74) is 0.668. The number of anilines is 1. The lowest BCUT2D eigenvalue weighted by atomic mass is 10.2. The minimum atomic E-state index is -0.429.